The van der Waals surface area contributed by atoms with E-state index in [0.29, 0.717) is 13.2 Å². The predicted octanol–water partition coefficient (Wildman–Crippen LogP) is 0.342. The smallest absolute Gasteiger partial charge is 0.170 e. The largest absolute Gasteiger partial charge is 0.409 e. The van der Waals surface area contributed by atoms with Gasteiger partial charge in [-0.2, -0.15) is 0 Å². The van der Waals surface area contributed by atoms with Gasteiger partial charge in [0.1, 0.15) is 6.10 Å². The Morgan fingerprint density at radius 2 is 2.53 bits per heavy atom. The maximum Gasteiger partial charge on any atom is 0.170 e. The summed E-state index contributed by atoms with van der Waals surface area (Å²) in [6.45, 7) is 3.88. The van der Waals surface area contributed by atoms with Crippen LogP contribution in [0, 0.1) is 6.92 Å². The lowest BCUT2D eigenvalue weighted by Crippen LogP contribution is -2.48. The molecule has 17 heavy (non-hydrogen) atoms. The predicted molar refractivity (Wildman–Crippen MR) is 64.3 cm³/mol. The molecule has 0 aromatic carbocycles. The molecular formula is C11H16N4O2. The first-order valence-electron chi connectivity index (χ1n) is 5.47. The number of hydrogen-bond donors (Lipinski definition) is 2. The second-order valence-electron chi connectivity index (χ2n) is 3.99. The molecule has 1 atom stereocenters. The fourth-order valence-corrected chi connectivity index (χ4v) is 1.85. The molecule has 6 nitrogen and oxygen atoms in total. The van der Waals surface area contributed by atoms with Crippen molar-refractivity contribution >= 4 is 11.5 Å². The van der Waals surface area contributed by atoms with Gasteiger partial charge in [0.05, 0.1) is 13.2 Å². The van der Waals surface area contributed by atoms with E-state index in [1.54, 1.807) is 6.20 Å². The molecule has 1 unspecified atom stereocenters. The number of nitrogens with two attached hydrogens (primary N) is 1. The van der Waals surface area contributed by atoms with Crippen LogP contribution in [0.15, 0.2) is 23.5 Å². The number of aromatic nitrogens is 1. The highest BCUT2D eigenvalue weighted by Gasteiger charge is 2.24. The van der Waals surface area contributed by atoms with Crippen LogP contribution in [0.5, 0.6) is 0 Å². The molecule has 1 saturated heterocycles. The van der Waals surface area contributed by atoms with Crippen LogP contribution in [-0.4, -0.2) is 41.8 Å². The maximum atomic E-state index is 8.64. The van der Waals surface area contributed by atoms with Crippen molar-refractivity contribution < 1.29 is 9.94 Å². The third kappa shape index (κ3) is 2.65. The first-order valence-corrected chi connectivity index (χ1v) is 5.47. The van der Waals surface area contributed by atoms with Gasteiger partial charge in [-0.25, -0.2) is 0 Å². The molecule has 0 spiro atoms. The minimum Gasteiger partial charge on any atom is -0.409 e. The lowest BCUT2D eigenvalue weighted by atomic mass is 10.2. The van der Waals surface area contributed by atoms with E-state index >= 15 is 0 Å². The van der Waals surface area contributed by atoms with Crippen LogP contribution in [-0.2, 0) is 4.74 Å². The third-order valence-electron chi connectivity index (χ3n) is 2.76. The molecule has 1 fully saturated rings. The van der Waals surface area contributed by atoms with Gasteiger partial charge in [-0.3, -0.25) is 4.98 Å². The second-order valence-corrected chi connectivity index (χ2v) is 3.99. The summed E-state index contributed by atoms with van der Waals surface area (Å²) in [5.74, 6) is 0.112. The average molecular weight is 236 g/mol. The zero-order valence-electron chi connectivity index (χ0n) is 9.71. The summed E-state index contributed by atoms with van der Waals surface area (Å²) in [4.78, 5) is 6.30. The third-order valence-corrected chi connectivity index (χ3v) is 2.76. The first-order chi connectivity index (χ1) is 8.20. The Bertz CT molecular complexity index is 422. The fourth-order valence-electron chi connectivity index (χ4n) is 1.85. The number of anilines is 1. The Hall–Kier alpha value is -1.82. The summed E-state index contributed by atoms with van der Waals surface area (Å²) < 4.78 is 5.44. The highest BCUT2D eigenvalue weighted by Crippen LogP contribution is 2.17. The number of aryl methyl sites for hydroxylation is 1. The van der Waals surface area contributed by atoms with E-state index < -0.39 is 0 Å². The SMILES string of the molecule is Cc1cc(N2CCOC(/C(N)=N/O)C2)ccn1. The molecule has 0 saturated carbocycles. The Kier molecular flexibility index (Phi) is 3.43. The Balaban J connectivity index is 2.12. The number of hydrogen-bond acceptors (Lipinski definition) is 5. The summed E-state index contributed by atoms with van der Waals surface area (Å²) >= 11 is 0. The van der Waals surface area contributed by atoms with Gasteiger partial charge in [-0.15, -0.1) is 0 Å². The Morgan fingerprint density at radius 1 is 1.71 bits per heavy atom. The topological polar surface area (TPSA) is 84.0 Å². The van der Waals surface area contributed by atoms with Crippen molar-refractivity contribution in [3.63, 3.8) is 0 Å². The van der Waals surface area contributed by atoms with Crippen molar-refractivity contribution in [2.75, 3.05) is 24.6 Å². The van der Waals surface area contributed by atoms with Crippen molar-refractivity contribution in [2.45, 2.75) is 13.0 Å². The van der Waals surface area contributed by atoms with Crippen molar-refractivity contribution in [3.05, 3.63) is 24.0 Å². The lowest BCUT2D eigenvalue weighted by Gasteiger charge is -2.33. The molecule has 0 radical (unpaired) electrons. The lowest BCUT2D eigenvalue weighted by molar-refractivity contribution is 0.0807. The van der Waals surface area contributed by atoms with Crippen LogP contribution >= 0.6 is 0 Å². The number of rotatable bonds is 2. The number of oxime groups is 1. The van der Waals surface area contributed by atoms with E-state index in [2.05, 4.69) is 15.0 Å². The molecule has 92 valence electrons. The minimum absolute atomic E-state index is 0.112. The van der Waals surface area contributed by atoms with Crippen molar-refractivity contribution in [1.82, 2.24) is 4.98 Å². The van der Waals surface area contributed by atoms with Gasteiger partial charge < -0.3 is 20.6 Å². The Labute approximate surface area is 99.7 Å². The van der Waals surface area contributed by atoms with Crippen LogP contribution < -0.4 is 10.6 Å². The number of pyridine rings is 1. The van der Waals surface area contributed by atoms with Gasteiger partial charge >= 0.3 is 0 Å². The molecule has 6 heteroatoms. The van der Waals surface area contributed by atoms with Gasteiger partial charge in [-0.1, -0.05) is 5.16 Å². The van der Waals surface area contributed by atoms with Crippen molar-refractivity contribution in [3.8, 4) is 0 Å². The molecular weight excluding hydrogens is 220 g/mol. The van der Waals surface area contributed by atoms with Gasteiger partial charge in [0.25, 0.3) is 0 Å². The molecule has 1 aliphatic rings. The standard InChI is InChI=1S/C11H16N4O2/c1-8-6-9(2-3-13-8)15-4-5-17-10(7-15)11(12)14-16/h2-3,6,10,16H,4-5,7H2,1H3,(H2,12,14). The number of ether oxygens (including phenoxy) is 1. The number of nitrogens with zero attached hydrogens (tertiary/aromatic N) is 3. The summed E-state index contributed by atoms with van der Waals surface area (Å²) in [7, 11) is 0. The molecule has 0 aliphatic carbocycles. The summed E-state index contributed by atoms with van der Waals surface area (Å²) in [6.07, 6.45) is 1.42. The molecule has 3 N–H and O–H groups in total. The Morgan fingerprint density at radius 3 is 3.24 bits per heavy atom. The zero-order valence-corrected chi connectivity index (χ0v) is 9.71. The van der Waals surface area contributed by atoms with Crippen LogP contribution in [0.25, 0.3) is 0 Å². The zero-order chi connectivity index (χ0) is 12.3. The minimum atomic E-state index is -0.359. The van der Waals surface area contributed by atoms with E-state index in [0.717, 1.165) is 17.9 Å². The molecule has 2 heterocycles. The van der Waals surface area contributed by atoms with Gasteiger partial charge in [0, 0.05) is 24.1 Å². The summed E-state index contributed by atoms with van der Waals surface area (Å²) in [5, 5.41) is 11.6. The van der Waals surface area contributed by atoms with E-state index in [1.165, 1.54) is 0 Å². The second kappa shape index (κ2) is 5.01. The van der Waals surface area contributed by atoms with Crippen LogP contribution in [0.3, 0.4) is 0 Å². The van der Waals surface area contributed by atoms with Crippen LogP contribution in [0.1, 0.15) is 5.69 Å². The van der Waals surface area contributed by atoms with E-state index in [1.807, 2.05) is 19.1 Å². The maximum absolute atomic E-state index is 8.64. The van der Waals surface area contributed by atoms with E-state index in [4.69, 9.17) is 15.7 Å². The highest BCUT2D eigenvalue weighted by molar-refractivity contribution is 5.85. The van der Waals surface area contributed by atoms with Gasteiger partial charge in [-0.05, 0) is 19.1 Å². The van der Waals surface area contributed by atoms with E-state index in [9.17, 15) is 0 Å². The highest BCUT2D eigenvalue weighted by atomic mass is 16.5. The van der Waals surface area contributed by atoms with Crippen molar-refractivity contribution in [2.24, 2.45) is 10.9 Å². The van der Waals surface area contributed by atoms with Crippen molar-refractivity contribution in [1.29, 1.82) is 0 Å². The number of morpholine rings is 1. The molecule has 2 rings (SSSR count). The summed E-state index contributed by atoms with van der Waals surface area (Å²) in [5.41, 5.74) is 7.60. The van der Waals surface area contributed by atoms with Gasteiger partial charge in [0.15, 0.2) is 5.84 Å². The molecule has 0 bridgehead atoms. The first kappa shape index (κ1) is 11.7. The molecule has 1 aromatic heterocycles. The number of amidine groups is 1. The molecule has 1 aliphatic heterocycles. The van der Waals surface area contributed by atoms with Crippen LogP contribution in [0.4, 0.5) is 5.69 Å². The van der Waals surface area contributed by atoms with Crippen LogP contribution in [0.2, 0.25) is 0 Å². The molecule has 0 amide bonds. The quantitative estimate of drug-likeness (QED) is 0.335. The fraction of sp³-hybridized carbons (Fsp3) is 0.455. The van der Waals surface area contributed by atoms with Gasteiger partial charge in [0.2, 0.25) is 0 Å². The van der Waals surface area contributed by atoms with E-state index in [-0.39, 0.29) is 11.9 Å². The monoisotopic (exact) mass is 236 g/mol. The molecule has 1 aromatic rings. The summed E-state index contributed by atoms with van der Waals surface area (Å²) in [6, 6.07) is 3.95. The normalized spacial score (nSPS) is 21.6. The average Bonchev–Trinajstić information content (AvgIpc) is 2.38.